The number of carbonyl (C=O) groups is 1. The van der Waals surface area contributed by atoms with Crippen molar-refractivity contribution in [3.63, 3.8) is 0 Å². The molecule has 1 aliphatic carbocycles. The van der Waals surface area contributed by atoms with Crippen LogP contribution in [0.4, 0.5) is 10.2 Å². The molecule has 1 aliphatic heterocycles. The van der Waals surface area contributed by atoms with E-state index in [1.165, 1.54) is 6.07 Å². The third-order valence-corrected chi connectivity index (χ3v) is 5.82. The van der Waals surface area contributed by atoms with Crippen LogP contribution in [0.1, 0.15) is 55.8 Å². The number of hydrogen-bond donors (Lipinski definition) is 1. The van der Waals surface area contributed by atoms with Gasteiger partial charge in [0.05, 0.1) is 17.2 Å². The SMILES string of the molecule is Nc1ccc(C2CCCN2C(=O)C2(c3ccccc3F)CCCC2)nn1. The number of halogens is 1. The highest BCUT2D eigenvalue weighted by atomic mass is 19.1. The minimum atomic E-state index is -0.755. The van der Waals surface area contributed by atoms with Crippen molar-refractivity contribution in [1.29, 1.82) is 0 Å². The molecule has 5 nitrogen and oxygen atoms in total. The average molecular weight is 354 g/mol. The highest BCUT2D eigenvalue weighted by Gasteiger charge is 2.48. The van der Waals surface area contributed by atoms with Gasteiger partial charge in [0.25, 0.3) is 0 Å². The van der Waals surface area contributed by atoms with Crippen LogP contribution in [0, 0.1) is 5.82 Å². The lowest BCUT2D eigenvalue weighted by Gasteiger charge is -2.35. The van der Waals surface area contributed by atoms with Crippen LogP contribution in [0.15, 0.2) is 36.4 Å². The van der Waals surface area contributed by atoms with E-state index in [4.69, 9.17) is 5.73 Å². The van der Waals surface area contributed by atoms with Crippen molar-refractivity contribution in [2.45, 2.75) is 50.0 Å². The molecule has 0 radical (unpaired) electrons. The van der Waals surface area contributed by atoms with Crippen LogP contribution in [0.25, 0.3) is 0 Å². The molecule has 2 aliphatic rings. The summed E-state index contributed by atoms with van der Waals surface area (Å²) in [5.41, 5.74) is 6.18. The molecule has 1 aromatic carbocycles. The van der Waals surface area contributed by atoms with E-state index in [1.54, 1.807) is 18.2 Å². The molecule has 2 N–H and O–H groups in total. The minimum Gasteiger partial charge on any atom is -0.382 e. The van der Waals surface area contributed by atoms with Gasteiger partial charge in [0.1, 0.15) is 11.6 Å². The maximum Gasteiger partial charge on any atom is 0.233 e. The van der Waals surface area contributed by atoms with E-state index in [1.807, 2.05) is 17.0 Å². The molecule has 1 unspecified atom stereocenters. The molecule has 2 heterocycles. The Morgan fingerprint density at radius 2 is 1.88 bits per heavy atom. The molecule has 4 rings (SSSR count). The summed E-state index contributed by atoms with van der Waals surface area (Å²) in [6.07, 6.45) is 5.04. The van der Waals surface area contributed by atoms with Gasteiger partial charge in [-0.1, -0.05) is 31.0 Å². The van der Waals surface area contributed by atoms with Crippen LogP contribution in [-0.4, -0.2) is 27.5 Å². The third kappa shape index (κ3) is 2.73. The van der Waals surface area contributed by atoms with Crippen LogP contribution in [0.5, 0.6) is 0 Å². The van der Waals surface area contributed by atoms with Crippen LogP contribution in [-0.2, 0) is 10.2 Å². The lowest BCUT2D eigenvalue weighted by atomic mass is 9.77. The normalized spacial score (nSPS) is 21.9. The summed E-state index contributed by atoms with van der Waals surface area (Å²) in [4.78, 5) is 15.5. The zero-order chi connectivity index (χ0) is 18.1. The van der Waals surface area contributed by atoms with Gasteiger partial charge >= 0.3 is 0 Å². The van der Waals surface area contributed by atoms with E-state index >= 15 is 0 Å². The van der Waals surface area contributed by atoms with Crippen LogP contribution in [0.3, 0.4) is 0 Å². The molecule has 136 valence electrons. The van der Waals surface area contributed by atoms with Gasteiger partial charge in [-0.05, 0) is 43.9 Å². The molecule has 1 saturated heterocycles. The second-order valence-corrected chi connectivity index (χ2v) is 7.31. The van der Waals surface area contributed by atoms with Crippen molar-refractivity contribution in [3.05, 3.63) is 53.5 Å². The first-order chi connectivity index (χ1) is 12.6. The van der Waals surface area contributed by atoms with Crippen LogP contribution < -0.4 is 5.73 Å². The van der Waals surface area contributed by atoms with Crippen molar-refractivity contribution in [1.82, 2.24) is 15.1 Å². The highest BCUT2D eigenvalue weighted by molar-refractivity contribution is 5.89. The fraction of sp³-hybridized carbons (Fsp3) is 0.450. The lowest BCUT2D eigenvalue weighted by Crippen LogP contribution is -2.45. The molecule has 2 fully saturated rings. The van der Waals surface area contributed by atoms with E-state index in [0.717, 1.165) is 31.4 Å². The molecule has 2 aromatic rings. The first kappa shape index (κ1) is 16.9. The van der Waals surface area contributed by atoms with Gasteiger partial charge in [-0.3, -0.25) is 4.79 Å². The number of carbonyl (C=O) groups excluding carboxylic acids is 1. The predicted molar refractivity (Wildman–Crippen MR) is 96.7 cm³/mol. The van der Waals surface area contributed by atoms with Crippen molar-refractivity contribution < 1.29 is 9.18 Å². The van der Waals surface area contributed by atoms with E-state index in [0.29, 0.717) is 30.8 Å². The number of hydrogen-bond acceptors (Lipinski definition) is 4. The average Bonchev–Trinajstić information content (AvgIpc) is 3.33. The molecule has 1 amide bonds. The molecule has 0 spiro atoms. The Labute approximate surface area is 152 Å². The quantitative estimate of drug-likeness (QED) is 0.917. The Hall–Kier alpha value is -2.50. The van der Waals surface area contributed by atoms with Gasteiger partial charge in [-0.25, -0.2) is 4.39 Å². The van der Waals surface area contributed by atoms with Gasteiger partial charge in [-0.2, -0.15) is 5.10 Å². The molecule has 1 saturated carbocycles. The van der Waals surface area contributed by atoms with Gasteiger partial charge in [-0.15, -0.1) is 5.10 Å². The van der Waals surface area contributed by atoms with Gasteiger partial charge in [0, 0.05) is 12.1 Å². The molecular formula is C20H23FN4O. The summed E-state index contributed by atoms with van der Waals surface area (Å²) in [7, 11) is 0. The second-order valence-electron chi connectivity index (χ2n) is 7.31. The summed E-state index contributed by atoms with van der Waals surface area (Å²) in [5.74, 6) is 0.107. The predicted octanol–water partition coefficient (Wildman–Crippen LogP) is 3.37. The zero-order valence-corrected chi connectivity index (χ0v) is 14.7. The number of nitrogens with zero attached hydrogens (tertiary/aromatic N) is 3. The molecule has 26 heavy (non-hydrogen) atoms. The Balaban J connectivity index is 1.70. The molecular weight excluding hydrogens is 331 g/mol. The number of amides is 1. The summed E-state index contributed by atoms with van der Waals surface area (Å²) in [5, 5.41) is 8.12. The number of rotatable bonds is 3. The smallest absolute Gasteiger partial charge is 0.233 e. The molecule has 6 heteroatoms. The number of aromatic nitrogens is 2. The third-order valence-electron chi connectivity index (χ3n) is 5.82. The lowest BCUT2D eigenvalue weighted by molar-refractivity contribution is -0.138. The van der Waals surface area contributed by atoms with Crippen molar-refractivity contribution in [2.24, 2.45) is 0 Å². The molecule has 0 bridgehead atoms. The number of benzene rings is 1. The second kappa shape index (κ2) is 6.67. The van der Waals surface area contributed by atoms with Crippen molar-refractivity contribution in [3.8, 4) is 0 Å². The number of nitrogen functional groups attached to an aromatic ring is 1. The number of likely N-dealkylation sites (tertiary alicyclic amines) is 1. The fourth-order valence-electron chi connectivity index (χ4n) is 4.55. The molecule has 1 atom stereocenters. The summed E-state index contributed by atoms with van der Waals surface area (Å²) >= 11 is 0. The first-order valence-corrected chi connectivity index (χ1v) is 9.27. The van der Waals surface area contributed by atoms with Gasteiger partial charge < -0.3 is 10.6 Å². The minimum absolute atomic E-state index is 0.0289. The standard InChI is InChI=1S/C20H23FN4O/c21-15-7-2-1-6-14(15)20(11-3-4-12-20)19(26)25-13-5-8-17(25)16-9-10-18(22)24-23-16/h1-2,6-7,9-10,17H,3-5,8,11-13H2,(H2,22,24). The van der Waals surface area contributed by atoms with E-state index in [2.05, 4.69) is 10.2 Å². The van der Waals surface area contributed by atoms with Crippen molar-refractivity contribution >= 4 is 11.7 Å². The van der Waals surface area contributed by atoms with E-state index in [-0.39, 0.29) is 17.8 Å². The Morgan fingerprint density at radius 3 is 2.58 bits per heavy atom. The first-order valence-electron chi connectivity index (χ1n) is 9.27. The van der Waals surface area contributed by atoms with Crippen LogP contribution >= 0.6 is 0 Å². The largest absolute Gasteiger partial charge is 0.382 e. The molecule has 1 aromatic heterocycles. The van der Waals surface area contributed by atoms with E-state index < -0.39 is 5.41 Å². The summed E-state index contributed by atoms with van der Waals surface area (Å²) < 4.78 is 14.6. The fourth-order valence-corrected chi connectivity index (χ4v) is 4.55. The zero-order valence-electron chi connectivity index (χ0n) is 14.7. The summed E-state index contributed by atoms with van der Waals surface area (Å²) in [6, 6.07) is 10.2. The summed E-state index contributed by atoms with van der Waals surface area (Å²) in [6.45, 7) is 0.672. The monoisotopic (exact) mass is 354 g/mol. The topological polar surface area (TPSA) is 72.1 Å². The van der Waals surface area contributed by atoms with Gasteiger partial charge in [0.2, 0.25) is 5.91 Å². The Kier molecular flexibility index (Phi) is 4.34. The van der Waals surface area contributed by atoms with E-state index in [9.17, 15) is 9.18 Å². The van der Waals surface area contributed by atoms with Crippen molar-refractivity contribution in [2.75, 3.05) is 12.3 Å². The Morgan fingerprint density at radius 1 is 1.12 bits per heavy atom. The van der Waals surface area contributed by atoms with Crippen LogP contribution in [0.2, 0.25) is 0 Å². The maximum absolute atomic E-state index is 14.6. The highest BCUT2D eigenvalue weighted by Crippen LogP contribution is 2.46. The number of nitrogens with two attached hydrogens (primary N) is 1. The Bertz CT molecular complexity index is 802. The number of anilines is 1. The maximum atomic E-state index is 14.6. The van der Waals surface area contributed by atoms with Gasteiger partial charge in [0.15, 0.2) is 0 Å².